The maximum Gasteiger partial charge on any atom is 0.166 e. The van der Waals surface area contributed by atoms with Crippen LogP contribution in [-0.4, -0.2) is 38.4 Å². The molecule has 0 spiro atoms. The summed E-state index contributed by atoms with van der Waals surface area (Å²) in [5.74, 6) is 0.788. The van der Waals surface area contributed by atoms with E-state index >= 15 is 0 Å². The number of methoxy groups -OCH3 is 1. The molecule has 0 atom stereocenters. The van der Waals surface area contributed by atoms with Gasteiger partial charge in [0.2, 0.25) is 0 Å². The van der Waals surface area contributed by atoms with Crippen molar-refractivity contribution >= 4 is 0 Å². The monoisotopic (exact) mass is 357 g/mol. The molecule has 134 valence electrons. The Hall–Kier alpha value is -2.74. The Bertz CT molecular complexity index is 922. The molecule has 1 aliphatic carbocycles. The van der Waals surface area contributed by atoms with Crippen molar-refractivity contribution in [1.29, 1.82) is 0 Å². The molecule has 0 aliphatic heterocycles. The number of ether oxygens (including phenoxy) is 1. The quantitative estimate of drug-likeness (QED) is 0.678. The van der Waals surface area contributed by atoms with Crippen molar-refractivity contribution in [3.05, 3.63) is 53.9 Å². The van der Waals surface area contributed by atoms with Crippen LogP contribution in [0.5, 0.6) is 0 Å². The molecule has 0 saturated heterocycles. The normalized spacial score (nSPS) is 14.0. The lowest BCUT2D eigenvalue weighted by atomic mass is 10.2. The summed E-state index contributed by atoms with van der Waals surface area (Å²) in [5, 5.41) is 4.36. The highest BCUT2D eigenvalue weighted by Gasteiger charge is 2.26. The molecule has 0 amide bonds. The first kappa shape index (κ1) is 16.7. The molecule has 0 bridgehead atoms. The lowest BCUT2D eigenvalue weighted by Gasteiger charge is -2.07. The van der Waals surface area contributed by atoms with E-state index in [1.807, 2.05) is 0 Å². The van der Waals surface area contributed by atoms with Gasteiger partial charge in [0.1, 0.15) is 17.3 Å². The molecule has 26 heavy (non-hydrogen) atoms. The van der Waals surface area contributed by atoms with Gasteiger partial charge in [-0.1, -0.05) is 0 Å². The molecule has 8 heteroatoms. The zero-order valence-corrected chi connectivity index (χ0v) is 14.2. The summed E-state index contributed by atoms with van der Waals surface area (Å²) in [6, 6.07) is 3.34. The standard InChI is InChI=1S/C18H17F2N5O/c1-26-7-6-16-23-18(12-9-21-17(22-10-12)11-2-3-11)25(24-16)15-5-4-13(19)8-14(15)20/h4-5,8-11H,2-3,6-7H2,1H3. The SMILES string of the molecule is COCCc1nc(-c2cnc(C3CC3)nc2)n(-c2ccc(F)cc2F)n1. The third-order valence-electron chi connectivity index (χ3n) is 4.19. The van der Waals surface area contributed by atoms with Gasteiger partial charge in [0.15, 0.2) is 17.5 Å². The van der Waals surface area contributed by atoms with E-state index in [9.17, 15) is 8.78 Å². The van der Waals surface area contributed by atoms with Crippen molar-refractivity contribution in [2.24, 2.45) is 0 Å². The van der Waals surface area contributed by atoms with Gasteiger partial charge in [-0.15, -0.1) is 0 Å². The molecule has 6 nitrogen and oxygen atoms in total. The zero-order valence-electron chi connectivity index (χ0n) is 14.2. The van der Waals surface area contributed by atoms with E-state index in [1.165, 1.54) is 16.8 Å². The highest BCUT2D eigenvalue weighted by atomic mass is 19.1. The van der Waals surface area contributed by atoms with Crippen molar-refractivity contribution in [1.82, 2.24) is 24.7 Å². The molecule has 0 unspecified atom stereocenters. The molecular formula is C18H17F2N5O. The minimum absolute atomic E-state index is 0.115. The fourth-order valence-electron chi connectivity index (χ4n) is 2.67. The molecule has 3 aromatic rings. The van der Waals surface area contributed by atoms with E-state index in [1.54, 1.807) is 19.5 Å². The lowest BCUT2D eigenvalue weighted by molar-refractivity contribution is 0.200. The van der Waals surface area contributed by atoms with Crippen LogP contribution in [0.1, 0.15) is 30.4 Å². The van der Waals surface area contributed by atoms with Gasteiger partial charge in [-0.2, -0.15) is 5.10 Å². The fourth-order valence-corrected chi connectivity index (χ4v) is 2.67. The van der Waals surface area contributed by atoms with E-state index < -0.39 is 11.6 Å². The Morgan fingerprint density at radius 3 is 2.62 bits per heavy atom. The summed E-state index contributed by atoms with van der Waals surface area (Å²) in [7, 11) is 1.59. The first-order valence-corrected chi connectivity index (χ1v) is 8.38. The molecule has 2 heterocycles. The average Bonchev–Trinajstić information content (AvgIpc) is 3.41. The van der Waals surface area contributed by atoms with Gasteiger partial charge in [-0.3, -0.25) is 0 Å². The number of benzene rings is 1. The predicted octanol–water partition coefficient (Wildman–Crippen LogP) is 3.07. The summed E-state index contributed by atoms with van der Waals surface area (Å²) in [6.07, 6.45) is 6.03. The molecule has 1 aliphatic rings. The average molecular weight is 357 g/mol. The van der Waals surface area contributed by atoms with E-state index in [4.69, 9.17) is 4.74 Å². The molecule has 0 N–H and O–H groups in total. The molecular weight excluding hydrogens is 340 g/mol. The lowest BCUT2D eigenvalue weighted by Crippen LogP contribution is -2.04. The number of hydrogen-bond donors (Lipinski definition) is 0. The maximum atomic E-state index is 14.3. The van der Waals surface area contributed by atoms with Crippen LogP contribution >= 0.6 is 0 Å². The fraction of sp³-hybridized carbons (Fsp3) is 0.333. The van der Waals surface area contributed by atoms with Crippen LogP contribution in [-0.2, 0) is 11.2 Å². The third kappa shape index (κ3) is 3.32. The number of nitrogens with zero attached hydrogens (tertiary/aromatic N) is 5. The van der Waals surface area contributed by atoms with Crippen LogP contribution in [0.4, 0.5) is 8.78 Å². The van der Waals surface area contributed by atoms with Crippen LogP contribution in [0.3, 0.4) is 0 Å². The Balaban J connectivity index is 1.77. The maximum absolute atomic E-state index is 14.3. The summed E-state index contributed by atoms with van der Waals surface area (Å²) < 4.78 is 34.0. The predicted molar refractivity (Wildman–Crippen MR) is 89.9 cm³/mol. The van der Waals surface area contributed by atoms with Crippen LogP contribution < -0.4 is 0 Å². The number of aromatic nitrogens is 5. The second-order valence-corrected chi connectivity index (χ2v) is 6.21. The van der Waals surface area contributed by atoms with Crippen molar-refractivity contribution in [2.45, 2.75) is 25.2 Å². The summed E-state index contributed by atoms with van der Waals surface area (Å²) in [6.45, 7) is 0.437. The highest BCUT2D eigenvalue weighted by molar-refractivity contribution is 5.56. The zero-order chi connectivity index (χ0) is 18.1. The van der Waals surface area contributed by atoms with Gasteiger partial charge in [0.25, 0.3) is 0 Å². The smallest absolute Gasteiger partial charge is 0.166 e. The van der Waals surface area contributed by atoms with Crippen molar-refractivity contribution < 1.29 is 13.5 Å². The van der Waals surface area contributed by atoms with Crippen LogP contribution in [0, 0.1) is 11.6 Å². The summed E-state index contributed by atoms with van der Waals surface area (Å²) in [4.78, 5) is 13.3. The molecule has 2 aromatic heterocycles. The van der Waals surface area contributed by atoms with Crippen LogP contribution in [0.15, 0.2) is 30.6 Å². The van der Waals surface area contributed by atoms with Gasteiger partial charge in [-0.25, -0.2) is 28.4 Å². The Labute approximate surface area is 148 Å². The molecule has 1 aromatic carbocycles. The van der Waals surface area contributed by atoms with Gasteiger partial charge in [-0.05, 0) is 25.0 Å². The van der Waals surface area contributed by atoms with Gasteiger partial charge < -0.3 is 4.74 Å². The largest absolute Gasteiger partial charge is 0.384 e. The van der Waals surface area contributed by atoms with Gasteiger partial charge in [0.05, 0.1) is 12.2 Å². The first-order chi connectivity index (χ1) is 12.7. The van der Waals surface area contributed by atoms with E-state index in [0.717, 1.165) is 24.7 Å². The molecule has 1 saturated carbocycles. The van der Waals surface area contributed by atoms with E-state index in [-0.39, 0.29) is 5.69 Å². The molecule has 1 fully saturated rings. The molecule has 4 rings (SSSR count). The van der Waals surface area contributed by atoms with Crippen molar-refractivity contribution in [2.75, 3.05) is 13.7 Å². The molecule has 0 radical (unpaired) electrons. The van der Waals surface area contributed by atoms with Gasteiger partial charge in [0, 0.05) is 37.9 Å². The van der Waals surface area contributed by atoms with Crippen LogP contribution in [0.25, 0.3) is 17.1 Å². The first-order valence-electron chi connectivity index (χ1n) is 8.38. The topological polar surface area (TPSA) is 65.7 Å². The summed E-state index contributed by atoms with van der Waals surface area (Å²) >= 11 is 0. The second-order valence-electron chi connectivity index (χ2n) is 6.21. The number of halogens is 2. The Morgan fingerprint density at radius 2 is 1.96 bits per heavy atom. The summed E-state index contributed by atoms with van der Waals surface area (Å²) in [5.41, 5.74) is 0.734. The number of hydrogen-bond acceptors (Lipinski definition) is 5. The Kier molecular flexibility index (Phi) is 4.42. The van der Waals surface area contributed by atoms with E-state index in [2.05, 4.69) is 20.1 Å². The minimum Gasteiger partial charge on any atom is -0.384 e. The Morgan fingerprint density at radius 1 is 1.19 bits per heavy atom. The number of rotatable bonds is 6. The minimum atomic E-state index is -0.718. The van der Waals surface area contributed by atoms with Crippen molar-refractivity contribution in [3.8, 4) is 17.1 Å². The van der Waals surface area contributed by atoms with Crippen LogP contribution in [0.2, 0.25) is 0 Å². The van der Waals surface area contributed by atoms with Gasteiger partial charge >= 0.3 is 0 Å². The van der Waals surface area contributed by atoms with Crippen molar-refractivity contribution in [3.63, 3.8) is 0 Å². The third-order valence-corrected chi connectivity index (χ3v) is 4.19. The second kappa shape index (κ2) is 6.87. The van der Waals surface area contributed by atoms with E-state index in [0.29, 0.717) is 36.2 Å². The highest BCUT2D eigenvalue weighted by Crippen LogP contribution is 2.38.